The van der Waals surface area contributed by atoms with Crippen LogP contribution in [0.5, 0.6) is 0 Å². The van der Waals surface area contributed by atoms with Crippen molar-refractivity contribution in [1.29, 1.82) is 0 Å². The van der Waals surface area contributed by atoms with E-state index in [-0.39, 0.29) is 0 Å². The molecule has 0 fully saturated rings. The van der Waals surface area contributed by atoms with Crippen LogP contribution in [0, 0.1) is 0 Å². The lowest BCUT2D eigenvalue weighted by Crippen LogP contribution is -1.99. The van der Waals surface area contributed by atoms with Gasteiger partial charge in [0.15, 0.2) is 6.29 Å². The number of carbonyl (C=O) groups excluding carboxylic acids is 1. The number of carbonyl (C=O) groups is 1. The zero-order chi connectivity index (χ0) is 7.84. The molecule has 0 bridgehead atoms. The number of aryl methyl sites for hydroxylation is 1. The highest BCUT2D eigenvalue weighted by molar-refractivity contribution is 5.75. The largest absolute Gasteiger partial charge is 0.370 e. The van der Waals surface area contributed by atoms with Crippen molar-refractivity contribution in [3.8, 4) is 0 Å². The normalized spacial score (nSPS) is 15.0. The van der Waals surface area contributed by atoms with Crippen molar-refractivity contribution in [2.45, 2.75) is 13.2 Å². The predicted octanol–water partition coefficient (Wildman–Crippen LogP) is 0.263. The molecule has 2 rings (SSSR count). The first-order valence-corrected chi connectivity index (χ1v) is 3.40. The topological polar surface area (TPSA) is 44.1 Å². The van der Waals surface area contributed by atoms with Gasteiger partial charge in [-0.05, 0) is 0 Å². The average molecular weight is 152 g/mol. The van der Waals surface area contributed by atoms with Crippen LogP contribution in [-0.4, -0.2) is 16.1 Å². The third-order valence-corrected chi connectivity index (χ3v) is 1.87. The van der Waals surface area contributed by atoms with Crippen LogP contribution in [-0.2, 0) is 25.0 Å². The maximum absolute atomic E-state index is 10.5. The lowest BCUT2D eigenvalue weighted by Gasteiger charge is -1.94. The fraction of sp³-hybridized carbons (Fsp3) is 0.429. The summed E-state index contributed by atoms with van der Waals surface area (Å²) in [4.78, 5) is 10.5. The summed E-state index contributed by atoms with van der Waals surface area (Å²) in [5.74, 6) is 0. The predicted molar refractivity (Wildman–Crippen MR) is 37.1 cm³/mol. The molecule has 1 aromatic rings. The molecule has 0 atom stereocenters. The van der Waals surface area contributed by atoms with Crippen molar-refractivity contribution in [2.24, 2.45) is 7.05 Å². The molecule has 0 saturated carbocycles. The van der Waals surface area contributed by atoms with Crippen LogP contribution in [0.4, 0.5) is 0 Å². The molecule has 1 aromatic heterocycles. The van der Waals surface area contributed by atoms with E-state index in [0.717, 1.165) is 17.5 Å². The Bertz CT molecular complexity index is 304. The molecule has 4 heteroatoms. The van der Waals surface area contributed by atoms with E-state index in [0.29, 0.717) is 18.9 Å². The van der Waals surface area contributed by atoms with Gasteiger partial charge in [-0.1, -0.05) is 0 Å². The lowest BCUT2D eigenvalue weighted by atomic mass is 10.2. The molecule has 0 spiro atoms. The van der Waals surface area contributed by atoms with E-state index in [1.165, 1.54) is 0 Å². The second-order valence-electron chi connectivity index (χ2n) is 2.54. The summed E-state index contributed by atoms with van der Waals surface area (Å²) in [6.07, 6.45) is 0.820. The van der Waals surface area contributed by atoms with Gasteiger partial charge in [0.2, 0.25) is 0 Å². The summed E-state index contributed by atoms with van der Waals surface area (Å²) in [6, 6.07) is 0. The van der Waals surface area contributed by atoms with Crippen LogP contribution in [0.15, 0.2) is 0 Å². The smallest absolute Gasteiger partial charge is 0.168 e. The van der Waals surface area contributed by atoms with Gasteiger partial charge in [-0.3, -0.25) is 9.48 Å². The molecular formula is C7H8N2O2. The van der Waals surface area contributed by atoms with E-state index in [1.807, 2.05) is 0 Å². The Labute approximate surface area is 63.8 Å². The van der Waals surface area contributed by atoms with E-state index in [1.54, 1.807) is 11.7 Å². The van der Waals surface area contributed by atoms with E-state index >= 15 is 0 Å². The number of rotatable bonds is 1. The zero-order valence-corrected chi connectivity index (χ0v) is 6.20. The van der Waals surface area contributed by atoms with Gasteiger partial charge in [0.1, 0.15) is 5.69 Å². The third kappa shape index (κ3) is 0.793. The highest BCUT2D eigenvalue weighted by Gasteiger charge is 2.20. The first-order valence-electron chi connectivity index (χ1n) is 3.40. The minimum absolute atomic E-state index is 0.525. The van der Waals surface area contributed by atoms with Gasteiger partial charge in [0.05, 0.1) is 18.9 Å². The number of hydrogen-bond acceptors (Lipinski definition) is 3. The van der Waals surface area contributed by atoms with E-state index in [4.69, 9.17) is 4.74 Å². The number of nitrogens with zero attached hydrogens (tertiary/aromatic N) is 2. The van der Waals surface area contributed by atoms with Crippen molar-refractivity contribution >= 4 is 6.29 Å². The summed E-state index contributed by atoms with van der Waals surface area (Å²) in [5.41, 5.74) is 2.48. The monoisotopic (exact) mass is 152 g/mol. The molecule has 11 heavy (non-hydrogen) atoms. The molecule has 0 saturated heterocycles. The fourth-order valence-corrected chi connectivity index (χ4v) is 1.31. The molecule has 2 heterocycles. The number of aromatic nitrogens is 2. The standard InChI is InChI=1S/C7H8N2O2/c1-9-7(2-10)5-3-11-4-6(5)8-9/h2H,3-4H2,1H3. The summed E-state index contributed by atoms with van der Waals surface area (Å²) in [6.45, 7) is 1.06. The average Bonchev–Trinajstić information content (AvgIpc) is 2.46. The van der Waals surface area contributed by atoms with Gasteiger partial charge in [0, 0.05) is 12.6 Å². The number of aldehydes is 1. The van der Waals surface area contributed by atoms with Crippen LogP contribution in [0.2, 0.25) is 0 Å². The van der Waals surface area contributed by atoms with E-state index in [9.17, 15) is 4.79 Å². The summed E-state index contributed by atoms with van der Waals surface area (Å²) in [5, 5.41) is 4.12. The van der Waals surface area contributed by atoms with Gasteiger partial charge in [-0.2, -0.15) is 5.10 Å². The van der Waals surface area contributed by atoms with Crippen LogP contribution < -0.4 is 0 Å². The highest BCUT2D eigenvalue weighted by Crippen LogP contribution is 2.20. The fourth-order valence-electron chi connectivity index (χ4n) is 1.31. The molecule has 0 aromatic carbocycles. The molecule has 0 N–H and O–H groups in total. The molecule has 0 amide bonds. The second-order valence-corrected chi connectivity index (χ2v) is 2.54. The lowest BCUT2D eigenvalue weighted by molar-refractivity contribution is 0.110. The summed E-state index contributed by atoms with van der Waals surface area (Å²) in [7, 11) is 1.77. The van der Waals surface area contributed by atoms with Crippen molar-refractivity contribution in [1.82, 2.24) is 9.78 Å². The van der Waals surface area contributed by atoms with Crippen molar-refractivity contribution in [3.05, 3.63) is 17.0 Å². The zero-order valence-electron chi connectivity index (χ0n) is 6.20. The molecule has 1 aliphatic heterocycles. The number of ether oxygens (including phenoxy) is 1. The van der Waals surface area contributed by atoms with Crippen molar-refractivity contribution in [3.63, 3.8) is 0 Å². The van der Waals surface area contributed by atoms with Crippen LogP contribution in [0.1, 0.15) is 21.7 Å². The van der Waals surface area contributed by atoms with E-state index < -0.39 is 0 Å². The molecule has 0 unspecified atom stereocenters. The van der Waals surface area contributed by atoms with Crippen LogP contribution >= 0.6 is 0 Å². The maximum Gasteiger partial charge on any atom is 0.168 e. The quantitative estimate of drug-likeness (QED) is 0.542. The number of fused-ring (bicyclic) bond motifs is 1. The molecule has 4 nitrogen and oxygen atoms in total. The van der Waals surface area contributed by atoms with Gasteiger partial charge in [0.25, 0.3) is 0 Å². The minimum atomic E-state index is 0.525. The Morgan fingerprint density at radius 2 is 2.45 bits per heavy atom. The maximum atomic E-state index is 10.5. The summed E-state index contributed by atoms with van der Waals surface area (Å²) >= 11 is 0. The molecule has 0 aliphatic carbocycles. The Hall–Kier alpha value is -1.16. The van der Waals surface area contributed by atoms with Gasteiger partial charge in [-0.15, -0.1) is 0 Å². The van der Waals surface area contributed by atoms with E-state index in [2.05, 4.69) is 5.10 Å². The van der Waals surface area contributed by atoms with Gasteiger partial charge < -0.3 is 4.74 Å². The highest BCUT2D eigenvalue weighted by atomic mass is 16.5. The first kappa shape index (κ1) is 6.54. The Morgan fingerprint density at radius 1 is 1.64 bits per heavy atom. The van der Waals surface area contributed by atoms with Gasteiger partial charge >= 0.3 is 0 Å². The van der Waals surface area contributed by atoms with Crippen molar-refractivity contribution in [2.75, 3.05) is 0 Å². The number of hydrogen-bond donors (Lipinski definition) is 0. The second kappa shape index (κ2) is 2.17. The van der Waals surface area contributed by atoms with Crippen molar-refractivity contribution < 1.29 is 9.53 Å². The Kier molecular flexibility index (Phi) is 1.29. The first-order chi connectivity index (χ1) is 5.33. The Balaban J connectivity index is 2.60. The van der Waals surface area contributed by atoms with Crippen LogP contribution in [0.3, 0.4) is 0 Å². The van der Waals surface area contributed by atoms with Gasteiger partial charge in [-0.25, -0.2) is 0 Å². The Morgan fingerprint density at radius 3 is 3.18 bits per heavy atom. The minimum Gasteiger partial charge on any atom is -0.370 e. The molecule has 58 valence electrons. The summed E-state index contributed by atoms with van der Waals surface area (Å²) < 4.78 is 6.72. The molecule has 0 radical (unpaired) electrons. The van der Waals surface area contributed by atoms with Crippen LogP contribution in [0.25, 0.3) is 0 Å². The molecule has 1 aliphatic rings. The third-order valence-electron chi connectivity index (χ3n) is 1.87. The SMILES string of the molecule is Cn1nc2c(c1C=O)COC2. The molecular weight excluding hydrogens is 144 g/mol.